The smallest absolute Gasteiger partial charge is 0.162 e. The van der Waals surface area contributed by atoms with Gasteiger partial charge < -0.3 is 15.2 Å². The number of ether oxygens (including phenoxy) is 2. The van der Waals surface area contributed by atoms with Crippen LogP contribution in [-0.2, 0) is 0 Å². The van der Waals surface area contributed by atoms with E-state index in [2.05, 4.69) is 28.9 Å². The zero-order chi connectivity index (χ0) is 14.2. The third-order valence-corrected chi connectivity index (χ3v) is 5.65. The van der Waals surface area contributed by atoms with Gasteiger partial charge in [-0.3, -0.25) is 0 Å². The van der Waals surface area contributed by atoms with Gasteiger partial charge in [0, 0.05) is 10.5 Å². The van der Waals surface area contributed by atoms with Crippen molar-refractivity contribution in [1.29, 1.82) is 0 Å². The van der Waals surface area contributed by atoms with Gasteiger partial charge in [-0.25, -0.2) is 0 Å². The number of hydrogen-bond acceptors (Lipinski definition) is 3. The first-order chi connectivity index (χ1) is 9.66. The lowest BCUT2D eigenvalue weighted by Crippen LogP contribution is -2.32. The monoisotopic (exact) mass is 339 g/mol. The first-order valence-corrected chi connectivity index (χ1v) is 8.30. The molecule has 1 aliphatic heterocycles. The van der Waals surface area contributed by atoms with Gasteiger partial charge in [-0.2, -0.15) is 0 Å². The van der Waals surface area contributed by atoms with Crippen LogP contribution in [0.4, 0.5) is 0 Å². The molecule has 0 amide bonds. The minimum atomic E-state index is 0.0557. The maximum absolute atomic E-state index is 6.65. The maximum Gasteiger partial charge on any atom is 0.162 e. The Morgan fingerprint density at radius 2 is 1.80 bits per heavy atom. The van der Waals surface area contributed by atoms with Crippen molar-refractivity contribution in [1.82, 2.24) is 0 Å². The predicted octanol–water partition coefficient (Wildman–Crippen LogP) is 4.19. The van der Waals surface area contributed by atoms with E-state index >= 15 is 0 Å². The van der Waals surface area contributed by atoms with Gasteiger partial charge in [0.25, 0.3) is 0 Å². The highest BCUT2D eigenvalue weighted by molar-refractivity contribution is 9.10. The fraction of sp³-hybridized carbons (Fsp3) is 0.625. The van der Waals surface area contributed by atoms with E-state index in [-0.39, 0.29) is 11.5 Å². The van der Waals surface area contributed by atoms with E-state index in [1.165, 1.54) is 25.7 Å². The van der Waals surface area contributed by atoms with Crippen molar-refractivity contribution >= 4 is 15.9 Å². The molecule has 1 aliphatic carbocycles. The molecule has 20 heavy (non-hydrogen) atoms. The third kappa shape index (κ3) is 2.33. The fourth-order valence-corrected chi connectivity index (χ4v) is 4.18. The highest BCUT2D eigenvalue weighted by Gasteiger charge is 2.39. The van der Waals surface area contributed by atoms with Crippen LogP contribution in [0.1, 0.15) is 50.6 Å². The topological polar surface area (TPSA) is 44.5 Å². The summed E-state index contributed by atoms with van der Waals surface area (Å²) in [5.41, 5.74) is 8.05. The van der Waals surface area contributed by atoms with Gasteiger partial charge in [0.1, 0.15) is 13.2 Å². The quantitative estimate of drug-likeness (QED) is 0.897. The number of hydrogen-bond donors (Lipinski definition) is 1. The van der Waals surface area contributed by atoms with Crippen molar-refractivity contribution in [3.8, 4) is 11.5 Å². The standard InChI is InChI=1S/C16H22BrNO2/c1-2-16(5-3-4-6-16)15(18)11-9-13-14(10-12(11)17)20-8-7-19-13/h9-10,15H,2-8,18H2,1H3. The Kier molecular flexibility index (Phi) is 3.95. The zero-order valence-electron chi connectivity index (χ0n) is 12.0. The number of halogens is 1. The summed E-state index contributed by atoms with van der Waals surface area (Å²) in [5.74, 6) is 1.64. The summed E-state index contributed by atoms with van der Waals surface area (Å²) in [6, 6.07) is 4.13. The molecule has 0 aromatic heterocycles. The highest BCUT2D eigenvalue weighted by Crippen LogP contribution is 2.51. The van der Waals surface area contributed by atoms with Crippen LogP contribution in [0.25, 0.3) is 0 Å². The van der Waals surface area contributed by atoms with E-state index in [4.69, 9.17) is 15.2 Å². The van der Waals surface area contributed by atoms with Crippen LogP contribution in [0.2, 0.25) is 0 Å². The van der Waals surface area contributed by atoms with Gasteiger partial charge in [-0.1, -0.05) is 35.7 Å². The van der Waals surface area contributed by atoms with Crippen molar-refractivity contribution in [3.63, 3.8) is 0 Å². The summed E-state index contributed by atoms with van der Waals surface area (Å²) < 4.78 is 12.4. The van der Waals surface area contributed by atoms with Gasteiger partial charge in [-0.05, 0) is 42.4 Å². The Bertz CT molecular complexity index is 497. The molecule has 1 heterocycles. The molecule has 2 N–H and O–H groups in total. The third-order valence-electron chi connectivity index (χ3n) is 4.96. The van der Waals surface area contributed by atoms with Crippen molar-refractivity contribution in [2.45, 2.75) is 45.1 Å². The first-order valence-electron chi connectivity index (χ1n) is 7.51. The lowest BCUT2D eigenvalue weighted by molar-refractivity contribution is 0.170. The molecule has 0 bridgehead atoms. The van der Waals surface area contributed by atoms with Gasteiger partial charge in [0.05, 0.1) is 0 Å². The lowest BCUT2D eigenvalue weighted by Gasteiger charge is -2.35. The van der Waals surface area contributed by atoms with E-state index in [1.54, 1.807) is 0 Å². The molecule has 3 nitrogen and oxygen atoms in total. The highest BCUT2D eigenvalue weighted by atomic mass is 79.9. The molecule has 0 spiro atoms. The van der Waals surface area contributed by atoms with Crippen LogP contribution in [0, 0.1) is 5.41 Å². The Hall–Kier alpha value is -0.740. The molecule has 1 fully saturated rings. The van der Waals surface area contributed by atoms with Gasteiger partial charge in [0.2, 0.25) is 0 Å². The Morgan fingerprint density at radius 1 is 1.20 bits per heavy atom. The summed E-state index contributed by atoms with van der Waals surface area (Å²) >= 11 is 3.66. The Labute approximate surface area is 129 Å². The van der Waals surface area contributed by atoms with Crippen LogP contribution in [0.15, 0.2) is 16.6 Å². The van der Waals surface area contributed by atoms with Crippen LogP contribution in [-0.4, -0.2) is 13.2 Å². The van der Waals surface area contributed by atoms with E-state index in [0.29, 0.717) is 13.2 Å². The molecule has 1 saturated carbocycles. The molecule has 110 valence electrons. The molecular weight excluding hydrogens is 318 g/mol. The molecule has 0 saturated heterocycles. The van der Waals surface area contributed by atoms with E-state index in [1.807, 2.05) is 6.07 Å². The second kappa shape index (κ2) is 5.57. The number of fused-ring (bicyclic) bond motifs is 1. The van der Waals surface area contributed by atoms with Crippen molar-refractivity contribution in [2.24, 2.45) is 11.1 Å². The van der Waals surface area contributed by atoms with Crippen LogP contribution in [0.5, 0.6) is 11.5 Å². The summed E-state index contributed by atoms with van der Waals surface area (Å²) in [5, 5.41) is 0. The van der Waals surface area contributed by atoms with E-state index in [9.17, 15) is 0 Å². The molecule has 2 aliphatic rings. The summed E-state index contributed by atoms with van der Waals surface area (Å²) in [7, 11) is 0. The number of rotatable bonds is 3. The average molecular weight is 340 g/mol. The average Bonchev–Trinajstić information content (AvgIpc) is 2.96. The molecule has 1 aromatic rings. The SMILES string of the molecule is CCC1(C(N)c2cc3c(cc2Br)OCCO3)CCCC1. The largest absolute Gasteiger partial charge is 0.486 e. The predicted molar refractivity (Wildman–Crippen MR) is 83.3 cm³/mol. The number of nitrogens with two attached hydrogens (primary N) is 1. The first kappa shape index (κ1) is 14.2. The van der Waals surface area contributed by atoms with Crippen LogP contribution < -0.4 is 15.2 Å². The Balaban J connectivity index is 1.96. The Morgan fingerprint density at radius 3 is 2.40 bits per heavy atom. The summed E-state index contributed by atoms with van der Waals surface area (Å²) in [6.07, 6.45) is 6.18. The normalized spacial score (nSPS) is 21.8. The molecule has 4 heteroatoms. The molecule has 0 radical (unpaired) electrons. The minimum absolute atomic E-state index is 0.0557. The van der Waals surface area contributed by atoms with Crippen LogP contribution in [0.3, 0.4) is 0 Å². The second-order valence-electron chi connectivity index (χ2n) is 5.92. The van der Waals surface area contributed by atoms with E-state index < -0.39 is 0 Å². The number of benzene rings is 1. The van der Waals surface area contributed by atoms with Crippen molar-refractivity contribution < 1.29 is 9.47 Å². The summed E-state index contributed by atoms with van der Waals surface area (Å²) in [4.78, 5) is 0. The fourth-order valence-electron chi connectivity index (χ4n) is 3.61. The van der Waals surface area contributed by atoms with Gasteiger partial charge in [-0.15, -0.1) is 0 Å². The van der Waals surface area contributed by atoms with Gasteiger partial charge in [0.15, 0.2) is 11.5 Å². The molecular formula is C16H22BrNO2. The van der Waals surface area contributed by atoms with E-state index in [0.717, 1.165) is 28.0 Å². The van der Waals surface area contributed by atoms with Crippen LogP contribution >= 0.6 is 15.9 Å². The molecule has 3 rings (SSSR count). The lowest BCUT2D eigenvalue weighted by atomic mass is 9.74. The molecule has 1 atom stereocenters. The minimum Gasteiger partial charge on any atom is -0.486 e. The molecule has 1 unspecified atom stereocenters. The zero-order valence-corrected chi connectivity index (χ0v) is 13.5. The van der Waals surface area contributed by atoms with Gasteiger partial charge >= 0.3 is 0 Å². The van der Waals surface area contributed by atoms with Crippen molar-refractivity contribution in [3.05, 3.63) is 22.2 Å². The molecule has 1 aromatic carbocycles. The maximum atomic E-state index is 6.65. The summed E-state index contributed by atoms with van der Waals surface area (Å²) in [6.45, 7) is 3.49. The second-order valence-corrected chi connectivity index (χ2v) is 6.77. The van der Waals surface area contributed by atoms with Crippen molar-refractivity contribution in [2.75, 3.05) is 13.2 Å².